The minimum atomic E-state index is -0.200. The van der Waals surface area contributed by atoms with E-state index >= 15 is 0 Å². The Morgan fingerprint density at radius 1 is 1.13 bits per heavy atom. The van der Waals surface area contributed by atoms with E-state index in [4.69, 9.17) is 4.42 Å². The lowest BCUT2D eigenvalue weighted by atomic mass is 10.1. The van der Waals surface area contributed by atoms with Crippen molar-refractivity contribution in [3.63, 3.8) is 0 Å². The largest absolute Gasteiger partial charge is 0.421 e. The Kier molecular flexibility index (Phi) is 4.60. The number of rotatable bonds is 4. The number of hydrogen-bond acceptors (Lipinski definition) is 4. The van der Waals surface area contributed by atoms with Crippen molar-refractivity contribution < 1.29 is 4.42 Å². The van der Waals surface area contributed by atoms with Crippen LogP contribution in [-0.2, 0) is 0 Å². The molecule has 0 amide bonds. The highest BCUT2D eigenvalue weighted by Crippen LogP contribution is 2.29. The average Bonchev–Trinajstić information content (AvgIpc) is 2.57. The minimum Gasteiger partial charge on any atom is -0.421 e. The first-order valence-corrected chi connectivity index (χ1v) is 8.73. The monoisotopic (exact) mass is 314 g/mol. The number of aryl methyl sites for hydroxylation is 1. The maximum Gasteiger partial charge on any atom is 0.360 e. The summed E-state index contributed by atoms with van der Waals surface area (Å²) in [4.78, 5) is 17.0. The van der Waals surface area contributed by atoms with Crippen molar-refractivity contribution in [2.45, 2.75) is 40.0 Å². The van der Waals surface area contributed by atoms with Crippen molar-refractivity contribution in [1.82, 2.24) is 0 Å². The number of hydrogen-bond donors (Lipinski definition) is 0. The molecule has 0 bridgehead atoms. The van der Waals surface area contributed by atoms with E-state index < -0.39 is 0 Å². The molecular formula is C19H26N2O2. The van der Waals surface area contributed by atoms with Crippen molar-refractivity contribution in [2.75, 3.05) is 36.0 Å². The van der Waals surface area contributed by atoms with Crippen molar-refractivity contribution in [1.29, 1.82) is 0 Å². The van der Waals surface area contributed by atoms with Gasteiger partial charge in [0.05, 0.1) is 0 Å². The standard InChI is InChI=1S/C19H26N2O2/c1-4-20(5-2)15-9-10-16-14(3)18(19(22)23-17(16)13-15)21-11-7-6-8-12-21/h9-10,13H,4-8,11-12H2,1-3H3. The molecule has 3 rings (SSSR count). The topological polar surface area (TPSA) is 36.7 Å². The van der Waals surface area contributed by atoms with Gasteiger partial charge in [-0.3, -0.25) is 0 Å². The van der Waals surface area contributed by atoms with Crippen molar-refractivity contribution in [2.24, 2.45) is 0 Å². The predicted octanol–water partition coefficient (Wildman–Crippen LogP) is 3.94. The summed E-state index contributed by atoms with van der Waals surface area (Å²) in [7, 11) is 0. The molecule has 1 aliphatic rings. The highest BCUT2D eigenvalue weighted by Gasteiger charge is 2.20. The molecule has 0 saturated carbocycles. The SMILES string of the molecule is CCN(CC)c1ccc2c(C)c(N3CCCCC3)c(=O)oc2c1. The Bertz CT molecular complexity index is 741. The van der Waals surface area contributed by atoms with E-state index in [0.717, 1.165) is 61.3 Å². The fourth-order valence-electron chi connectivity index (χ4n) is 3.60. The third-order valence-corrected chi connectivity index (χ3v) is 4.92. The number of nitrogens with zero attached hydrogens (tertiary/aromatic N) is 2. The number of piperidine rings is 1. The summed E-state index contributed by atoms with van der Waals surface area (Å²) < 4.78 is 5.68. The third kappa shape index (κ3) is 2.94. The van der Waals surface area contributed by atoms with Gasteiger partial charge in [-0.15, -0.1) is 0 Å². The van der Waals surface area contributed by atoms with Crippen LogP contribution in [0.15, 0.2) is 27.4 Å². The molecular weight excluding hydrogens is 288 g/mol. The van der Waals surface area contributed by atoms with E-state index in [-0.39, 0.29) is 5.63 Å². The molecule has 0 unspecified atom stereocenters. The van der Waals surface area contributed by atoms with Gasteiger partial charge in [-0.2, -0.15) is 0 Å². The Balaban J connectivity index is 2.09. The van der Waals surface area contributed by atoms with Gasteiger partial charge in [0.2, 0.25) is 0 Å². The van der Waals surface area contributed by atoms with E-state index in [1.165, 1.54) is 6.42 Å². The van der Waals surface area contributed by atoms with Gasteiger partial charge in [0, 0.05) is 43.3 Å². The van der Waals surface area contributed by atoms with Gasteiger partial charge in [-0.05, 0) is 57.7 Å². The molecule has 0 spiro atoms. The van der Waals surface area contributed by atoms with E-state index in [9.17, 15) is 4.79 Å². The van der Waals surface area contributed by atoms with Crippen LogP contribution in [0.25, 0.3) is 11.0 Å². The first kappa shape index (κ1) is 15.9. The summed E-state index contributed by atoms with van der Waals surface area (Å²) in [6.07, 6.45) is 3.55. The number of benzene rings is 1. The summed E-state index contributed by atoms with van der Waals surface area (Å²) in [6.45, 7) is 10.1. The molecule has 4 heteroatoms. The molecule has 1 aromatic heterocycles. The normalized spacial score (nSPS) is 15.2. The van der Waals surface area contributed by atoms with Crippen LogP contribution in [0.1, 0.15) is 38.7 Å². The highest BCUT2D eigenvalue weighted by molar-refractivity contribution is 5.87. The highest BCUT2D eigenvalue weighted by atomic mass is 16.4. The van der Waals surface area contributed by atoms with Gasteiger partial charge in [0.15, 0.2) is 0 Å². The first-order chi connectivity index (χ1) is 11.2. The maximum absolute atomic E-state index is 12.6. The van der Waals surface area contributed by atoms with Gasteiger partial charge in [0.1, 0.15) is 11.3 Å². The molecule has 1 saturated heterocycles. The Morgan fingerprint density at radius 3 is 2.48 bits per heavy atom. The molecule has 0 radical (unpaired) electrons. The Hall–Kier alpha value is -1.97. The molecule has 4 nitrogen and oxygen atoms in total. The fraction of sp³-hybridized carbons (Fsp3) is 0.526. The van der Waals surface area contributed by atoms with E-state index in [1.807, 2.05) is 13.0 Å². The van der Waals surface area contributed by atoms with Crippen LogP contribution >= 0.6 is 0 Å². The lowest BCUT2D eigenvalue weighted by Gasteiger charge is -2.29. The second-order valence-electron chi connectivity index (χ2n) is 6.26. The van der Waals surface area contributed by atoms with E-state index in [0.29, 0.717) is 5.58 Å². The van der Waals surface area contributed by atoms with E-state index in [2.05, 4.69) is 35.8 Å². The lowest BCUT2D eigenvalue weighted by molar-refractivity contribution is 0.535. The predicted molar refractivity (Wildman–Crippen MR) is 96.8 cm³/mol. The second kappa shape index (κ2) is 6.65. The zero-order valence-electron chi connectivity index (χ0n) is 14.4. The molecule has 2 aromatic rings. The molecule has 23 heavy (non-hydrogen) atoms. The van der Waals surface area contributed by atoms with Gasteiger partial charge in [0.25, 0.3) is 0 Å². The zero-order valence-corrected chi connectivity index (χ0v) is 14.4. The summed E-state index contributed by atoms with van der Waals surface area (Å²) in [5, 5.41) is 1.04. The molecule has 1 aromatic carbocycles. The van der Waals surface area contributed by atoms with Crippen LogP contribution in [0.4, 0.5) is 11.4 Å². The van der Waals surface area contributed by atoms with Gasteiger partial charge in [-0.1, -0.05) is 0 Å². The lowest BCUT2D eigenvalue weighted by Crippen LogP contribution is -2.33. The summed E-state index contributed by atoms with van der Waals surface area (Å²) in [5.74, 6) is 0. The first-order valence-electron chi connectivity index (χ1n) is 8.73. The van der Waals surface area contributed by atoms with Gasteiger partial charge >= 0.3 is 5.63 Å². The quantitative estimate of drug-likeness (QED) is 0.801. The number of anilines is 2. The van der Waals surface area contributed by atoms with Crippen molar-refractivity contribution >= 4 is 22.3 Å². The van der Waals surface area contributed by atoms with Crippen LogP contribution in [0.3, 0.4) is 0 Å². The van der Waals surface area contributed by atoms with E-state index in [1.54, 1.807) is 0 Å². The molecule has 1 aliphatic heterocycles. The zero-order chi connectivity index (χ0) is 16.4. The van der Waals surface area contributed by atoms with Crippen LogP contribution in [0.2, 0.25) is 0 Å². The molecule has 124 valence electrons. The molecule has 0 N–H and O–H groups in total. The Morgan fingerprint density at radius 2 is 1.83 bits per heavy atom. The van der Waals surface area contributed by atoms with Crippen LogP contribution in [0.5, 0.6) is 0 Å². The summed E-state index contributed by atoms with van der Waals surface area (Å²) in [6, 6.07) is 6.22. The average molecular weight is 314 g/mol. The smallest absolute Gasteiger partial charge is 0.360 e. The van der Waals surface area contributed by atoms with Crippen LogP contribution in [-0.4, -0.2) is 26.2 Å². The third-order valence-electron chi connectivity index (χ3n) is 4.92. The fourth-order valence-corrected chi connectivity index (χ4v) is 3.60. The van der Waals surface area contributed by atoms with Crippen LogP contribution < -0.4 is 15.4 Å². The molecule has 2 heterocycles. The summed E-state index contributed by atoms with van der Waals surface area (Å²) >= 11 is 0. The minimum absolute atomic E-state index is 0.200. The summed E-state index contributed by atoms with van der Waals surface area (Å²) in [5.41, 5.74) is 3.40. The maximum atomic E-state index is 12.6. The molecule has 0 atom stereocenters. The van der Waals surface area contributed by atoms with Crippen molar-refractivity contribution in [3.05, 3.63) is 34.2 Å². The van der Waals surface area contributed by atoms with Crippen molar-refractivity contribution in [3.8, 4) is 0 Å². The van der Waals surface area contributed by atoms with Gasteiger partial charge < -0.3 is 14.2 Å². The van der Waals surface area contributed by atoms with Crippen LogP contribution in [0, 0.1) is 6.92 Å². The Labute approximate surface area is 137 Å². The number of fused-ring (bicyclic) bond motifs is 1. The van der Waals surface area contributed by atoms with Gasteiger partial charge in [-0.25, -0.2) is 4.79 Å². The second-order valence-corrected chi connectivity index (χ2v) is 6.26. The molecule has 0 aliphatic carbocycles. The molecule has 1 fully saturated rings.